The molecule has 0 bridgehead atoms. The summed E-state index contributed by atoms with van der Waals surface area (Å²) in [6.07, 6.45) is 0.529. The highest BCUT2D eigenvalue weighted by Crippen LogP contribution is 2.35. The van der Waals surface area contributed by atoms with E-state index in [0.717, 1.165) is 33.2 Å². The zero-order valence-corrected chi connectivity index (χ0v) is 21.0. The average molecular weight is 486 g/mol. The molecule has 0 aliphatic heterocycles. The number of benzene rings is 1. The maximum Gasteiger partial charge on any atom is 0.276 e. The molecule has 1 amide bonds. The summed E-state index contributed by atoms with van der Waals surface area (Å²) in [4.78, 5) is 23.4. The highest BCUT2D eigenvalue weighted by Gasteiger charge is 2.22. The molecule has 1 aromatic carbocycles. The van der Waals surface area contributed by atoms with E-state index in [1.165, 1.54) is 28.7 Å². The minimum absolute atomic E-state index is 0.0626. The van der Waals surface area contributed by atoms with E-state index >= 15 is 0 Å². The number of carbonyl (C=O) groups is 1. The van der Waals surface area contributed by atoms with Crippen LogP contribution in [0.15, 0.2) is 32.5 Å². The number of thiazole rings is 2. The molecule has 0 saturated carbocycles. The maximum atomic E-state index is 12.5. The fourth-order valence-corrected chi connectivity index (χ4v) is 5.79. The van der Waals surface area contributed by atoms with Gasteiger partial charge in [0.2, 0.25) is 11.8 Å². The number of nitrogens with zero attached hydrogens (tertiary/aromatic N) is 5. The van der Waals surface area contributed by atoms with Gasteiger partial charge in [-0.05, 0) is 38.8 Å². The molecule has 0 aliphatic rings. The van der Waals surface area contributed by atoms with E-state index in [0.29, 0.717) is 28.4 Å². The summed E-state index contributed by atoms with van der Waals surface area (Å²) in [6.45, 7) is 9.64. The second-order valence-corrected chi connectivity index (χ2v) is 10.3. The van der Waals surface area contributed by atoms with Crippen molar-refractivity contribution in [1.82, 2.24) is 20.2 Å². The third kappa shape index (κ3) is 5.08. The second kappa shape index (κ2) is 9.51. The smallest absolute Gasteiger partial charge is 0.276 e. The van der Waals surface area contributed by atoms with Crippen molar-refractivity contribution in [2.75, 3.05) is 4.90 Å². The lowest BCUT2D eigenvalue weighted by Gasteiger charge is -2.23. The van der Waals surface area contributed by atoms with Gasteiger partial charge in [-0.25, -0.2) is 9.97 Å². The number of carbonyl (C=O) groups excluding carboxylic acids is 1. The predicted molar refractivity (Wildman–Crippen MR) is 129 cm³/mol. The lowest BCUT2D eigenvalue weighted by atomic mass is 10.0. The molecule has 0 atom stereocenters. The Kier molecular flexibility index (Phi) is 6.73. The largest absolute Gasteiger partial charge is 0.416 e. The molecule has 0 fully saturated rings. The fourth-order valence-electron chi connectivity index (χ4n) is 3.53. The van der Waals surface area contributed by atoms with Crippen molar-refractivity contribution in [1.29, 1.82) is 0 Å². The normalized spacial score (nSPS) is 11.2. The molecule has 0 aliphatic carbocycles. The van der Waals surface area contributed by atoms with Gasteiger partial charge in [0, 0.05) is 23.4 Å². The van der Waals surface area contributed by atoms with E-state index in [1.807, 2.05) is 31.5 Å². The van der Waals surface area contributed by atoms with Gasteiger partial charge in [0.1, 0.15) is 0 Å². The Morgan fingerprint density at radius 3 is 2.41 bits per heavy atom. The summed E-state index contributed by atoms with van der Waals surface area (Å²) < 4.78 is 5.74. The van der Waals surface area contributed by atoms with Crippen LogP contribution >= 0.6 is 34.4 Å². The topological polar surface area (TPSA) is 85.0 Å². The zero-order valence-electron chi connectivity index (χ0n) is 18.5. The molecular weight excluding hydrogens is 462 g/mol. The van der Waals surface area contributed by atoms with Crippen molar-refractivity contribution >= 4 is 51.2 Å². The van der Waals surface area contributed by atoms with Gasteiger partial charge in [-0.15, -0.1) is 32.9 Å². The van der Waals surface area contributed by atoms with Crippen LogP contribution < -0.4 is 4.90 Å². The Balaban J connectivity index is 1.46. The first kappa shape index (κ1) is 22.6. The zero-order chi connectivity index (χ0) is 22.8. The lowest BCUT2D eigenvalue weighted by Crippen LogP contribution is -2.24. The first-order valence-corrected chi connectivity index (χ1v) is 12.7. The highest BCUT2D eigenvalue weighted by atomic mass is 32.2. The molecule has 7 nitrogen and oxygen atoms in total. The van der Waals surface area contributed by atoms with Gasteiger partial charge in [-0.1, -0.05) is 29.5 Å². The molecule has 0 radical (unpaired) electrons. The molecular formula is C22H23N5O2S3. The van der Waals surface area contributed by atoms with Gasteiger partial charge in [0.15, 0.2) is 5.13 Å². The summed E-state index contributed by atoms with van der Waals surface area (Å²) in [5.74, 6) is 1.06. The summed E-state index contributed by atoms with van der Waals surface area (Å²) >= 11 is 4.49. The minimum atomic E-state index is -0.0626. The summed E-state index contributed by atoms with van der Waals surface area (Å²) in [5.41, 5.74) is 5.97. The maximum absolute atomic E-state index is 12.5. The van der Waals surface area contributed by atoms with Gasteiger partial charge in [-0.3, -0.25) is 9.69 Å². The number of anilines is 2. The quantitative estimate of drug-likeness (QED) is 0.307. The number of thioether (sulfide) groups is 1. The molecule has 4 aromatic rings. The SMILES string of the molecule is CC(=O)N(c1nc(CSc2nnc(Cc3csc(C)n3)o2)cs1)c1c(C)cc(C)cc1C. The van der Waals surface area contributed by atoms with Gasteiger partial charge in [-0.2, -0.15) is 0 Å². The third-order valence-electron chi connectivity index (χ3n) is 4.70. The molecule has 10 heteroatoms. The molecule has 166 valence electrons. The van der Waals surface area contributed by atoms with E-state index in [9.17, 15) is 4.79 Å². The number of hydrogen-bond donors (Lipinski definition) is 0. The van der Waals surface area contributed by atoms with Crippen LogP contribution in [0.25, 0.3) is 0 Å². The molecule has 0 saturated heterocycles. The van der Waals surface area contributed by atoms with Crippen molar-refractivity contribution < 1.29 is 9.21 Å². The Bertz CT molecular complexity index is 1240. The van der Waals surface area contributed by atoms with Gasteiger partial charge in [0.25, 0.3) is 5.22 Å². The van der Waals surface area contributed by atoms with Crippen LogP contribution in [-0.4, -0.2) is 26.1 Å². The molecule has 32 heavy (non-hydrogen) atoms. The Labute approximate surface area is 198 Å². The Morgan fingerprint density at radius 2 is 1.75 bits per heavy atom. The number of aryl methyl sites for hydroxylation is 4. The standard InChI is InChI=1S/C22H23N5O2S3/c1-12-6-13(2)20(14(3)7-12)27(16(5)28)21-24-18(10-31-21)11-32-22-26-25-19(29-22)8-17-9-30-15(4)23-17/h6-7,9-10H,8,11H2,1-5H3. The number of aromatic nitrogens is 4. The fraction of sp³-hybridized carbons (Fsp3) is 0.318. The second-order valence-electron chi connectivity index (χ2n) is 7.51. The Hall–Kier alpha value is -2.56. The lowest BCUT2D eigenvalue weighted by molar-refractivity contribution is -0.115. The van der Waals surface area contributed by atoms with E-state index < -0.39 is 0 Å². The van der Waals surface area contributed by atoms with Crippen LogP contribution in [0.2, 0.25) is 0 Å². The predicted octanol–water partition coefficient (Wildman–Crippen LogP) is 5.78. The number of rotatable bonds is 7. The molecule has 0 spiro atoms. The van der Waals surface area contributed by atoms with Crippen LogP contribution in [0, 0.1) is 27.7 Å². The van der Waals surface area contributed by atoms with E-state index in [1.54, 1.807) is 23.2 Å². The van der Waals surface area contributed by atoms with E-state index in [4.69, 9.17) is 9.40 Å². The summed E-state index contributed by atoms with van der Waals surface area (Å²) in [5, 5.41) is 14.4. The molecule has 4 rings (SSSR count). The van der Waals surface area contributed by atoms with Crippen LogP contribution in [0.5, 0.6) is 0 Å². The minimum Gasteiger partial charge on any atom is -0.416 e. The molecule has 0 unspecified atom stereocenters. The average Bonchev–Trinajstić information content (AvgIpc) is 3.45. The van der Waals surface area contributed by atoms with E-state index in [2.05, 4.69) is 34.2 Å². The third-order valence-corrected chi connectivity index (χ3v) is 7.24. The van der Waals surface area contributed by atoms with Gasteiger partial charge >= 0.3 is 0 Å². The Morgan fingerprint density at radius 1 is 1.03 bits per heavy atom. The van der Waals surface area contributed by atoms with Crippen molar-refractivity contribution in [2.24, 2.45) is 0 Å². The van der Waals surface area contributed by atoms with Crippen molar-refractivity contribution in [3.05, 3.63) is 61.9 Å². The van der Waals surface area contributed by atoms with Crippen LogP contribution in [0.3, 0.4) is 0 Å². The molecule has 3 aromatic heterocycles. The highest BCUT2D eigenvalue weighted by molar-refractivity contribution is 7.98. The summed E-state index contributed by atoms with van der Waals surface area (Å²) in [6, 6.07) is 4.17. The van der Waals surface area contributed by atoms with Crippen LogP contribution in [0.4, 0.5) is 10.8 Å². The van der Waals surface area contributed by atoms with Crippen molar-refractivity contribution in [2.45, 2.75) is 52.0 Å². The first-order chi connectivity index (χ1) is 15.3. The van der Waals surface area contributed by atoms with Crippen LogP contribution in [-0.2, 0) is 17.0 Å². The van der Waals surface area contributed by atoms with E-state index in [-0.39, 0.29) is 5.91 Å². The summed E-state index contributed by atoms with van der Waals surface area (Å²) in [7, 11) is 0. The van der Waals surface area contributed by atoms with Crippen LogP contribution in [0.1, 0.15) is 45.9 Å². The number of hydrogen-bond acceptors (Lipinski definition) is 9. The van der Waals surface area contributed by atoms with Crippen molar-refractivity contribution in [3.8, 4) is 0 Å². The molecule has 0 N–H and O–H groups in total. The van der Waals surface area contributed by atoms with Gasteiger partial charge < -0.3 is 4.42 Å². The first-order valence-electron chi connectivity index (χ1n) is 9.99. The van der Waals surface area contributed by atoms with Gasteiger partial charge in [0.05, 0.1) is 28.5 Å². The monoisotopic (exact) mass is 485 g/mol. The number of amides is 1. The van der Waals surface area contributed by atoms with Crippen molar-refractivity contribution in [3.63, 3.8) is 0 Å². The molecule has 3 heterocycles.